The fraction of sp³-hybridized carbons (Fsp3) is 0.381. The van der Waals surface area contributed by atoms with E-state index in [9.17, 15) is 5.11 Å². The summed E-state index contributed by atoms with van der Waals surface area (Å²) < 4.78 is 0. The van der Waals surface area contributed by atoms with Crippen LogP contribution >= 0.6 is 11.8 Å². The third kappa shape index (κ3) is 3.37. The van der Waals surface area contributed by atoms with Crippen LogP contribution in [0.3, 0.4) is 0 Å². The number of fused-ring (bicyclic) bond motifs is 2. The normalized spacial score (nSPS) is 16.8. The average Bonchev–Trinajstić information content (AvgIpc) is 3.38. The number of anilines is 1. The number of nitrogens with zero attached hydrogens (tertiary/aromatic N) is 6. The van der Waals surface area contributed by atoms with E-state index in [4.69, 9.17) is 9.97 Å². The number of aryl methyl sites for hydroxylation is 2. The zero-order valence-corrected chi connectivity index (χ0v) is 17.8. The molecular formula is C21H23N7OS. The number of pyridine rings is 1. The molecule has 1 unspecified atom stereocenters. The highest BCUT2D eigenvalue weighted by Gasteiger charge is 2.27. The average molecular weight is 422 g/mol. The summed E-state index contributed by atoms with van der Waals surface area (Å²) in [7, 11) is 0. The van der Waals surface area contributed by atoms with Crippen molar-refractivity contribution in [2.75, 3.05) is 24.6 Å². The Labute approximate surface area is 178 Å². The molecule has 0 radical (unpaired) electrons. The Hall–Kier alpha value is -2.78. The lowest BCUT2D eigenvalue weighted by Crippen LogP contribution is -2.22. The Morgan fingerprint density at radius 2 is 2.10 bits per heavy atom. The Morgan fingerprint density at radius 1 is 1.23 bits per heavy atom. The van der Waals surface area contributed by atoms with Crippen molar-refractivity contribution in [3.63, 3.8) is 0 Å². The van der Waals surface area contributed by atoms with Crippen LogP contribution in [0.25, 0.3) is 22.2 Å². The van der Waals surface area contributed by atoms with Crippen molar-refractivity contribution < 1.29 is 5.11 Å². The van der Waals surface area contributed by atoms with Crippen molar-refractivity contribution in [2.24, 2.45) is 5.92 Å². The molecule has 5 rings (SSSR count). The maximum absolute atomic E-state index is 9.59. The molecule has 0 aromatic carbocycles. The molecule has 0 spiro atoms. The summed E-state index contributed by atoms with van der Waals surface area (Å²) in [5.74, 6) is 1.24. The summed E-state index contributed by atoms with van der Waals surface area (Å²) in [6.45, 7) is 6.18. The van der Waals surface area contributed by atoms with E-state index in [2.05, 4.69) is 38.7 Å². The Bertz CT molecular complexity index is 1220. The van der Waals surface area contributed by atoms with Gasteiger partial charge in [-0.1, -0.05) is 6.92 Å². The van der Waals surface area contributed by atoms with Crippen LogP contribution in [-0.2, 0) is 6.42 Å². The van der Waals surface area contributed by atoms with Crippen LogP contribution in [0, 0.1) is 12.8 Å². The van der Waals surface area contributed by atoms with Crippen molar-refractivity contribution >= 4 is 39.8 Å². The molecule has 0 saturated carbocycles. The van der Waals surface area contributed by atoms with Gasteiger partial charge >= 0.3 is 0 Å². The van der Waals surface area contributed by atoms with Gasteiger partial charge in [-0.15, -0.1) is 0 Å². The molecule has 154 valence electrons. The molecule has 0 bridgehead atoms. The molecule has 8 nitrogen and oxygen atoms in total. The fourth-order valence-electron chi connectivity index (χ4n) is 4.06. The van der Waals surface area contributed by atoms with E-state index in [1.807, 2.05) is 6.07 Å². The predicted octanol–water partition coefficient (Wildman–Crippen LogP) is 3.14. The smallest absolute Gasteiger partial charge is 0.196 e. The molecular weight excluding hydrogens is 398 g/mol. The van der Waals surface area contributed by atoms with Crippen molar-refractivity contribution in [1.29, 1.82) is 0 Å². The zero-order chi connectivity index (χ0) is 20.7. The van der Waals surface area contributed by atoms with Gasteiger partial charge in [0.2, 0.25) is 0 Å². The monoisotopic (exact) mass is 421 g/mol. The minimum Gasteiger partial charge on any atom is -0.396 e. The van der Waals surface area contributed by atoms with Crippen LogP contribution in [0.2, 0.25) is 0 Å². The van der Waals surface area contributed by atoms with Gasteiger partial charge in [0.15, 0.2) is 10.8 Å². The molecule has 1 aliphatic heterocycles. The molecule has 30 heavy (non-hydrogen) atoms. The first-order valence-electron chi connectivity index (χ1n) is 10.2. The third-order valence-electron chi connectivity index (χ3n) is 5.67. The molecule has 1 fully saturated rings. The lowest BCUT2D eigenvalue weighted by molar-refractivity contribution is 0.238. The van der Waals surface area contributed by atoms with Gasteiger partial charge in [0, 0.05) is 54.8 Å². The van der Waals surface area contributed by atoms with Gasteiger partial charge in [-0.25, -0.2) is 19.9 Å². The fourth-order valence-corrected chi connectivity index (χ4v) is 4.81. The lowest BCUT2D eigenvalue weighted by atomic mass is 10.1. The standard InChI is InChI=1S/C21H23N7OS/c1-3-15-12(2)17-19(25-15)26-21(27-20(17)28-7-4-13(10-28)11-29)30-14-8-16-18(24-9-14)23-6-5-22-16/h5-6,8-9,13,29H,3-4,7,10-11H2,1-2H3,(H,25,26,27). The van der Waals surface area contributed by atoms with E-state index in [1.54, 1.807) is 18.6 Å². The first-order valence-corrected chi connectivity index (χ1v) is 11.0. The Balaban J connectivity index is 1.57. The van der Waals surface area contributed by atoms with Gasteiger partial charge in [-0.05, 0) is 43.2 Å². The largest absolute Gasteiger partial charge is 0.396 e. The summed E-state index contributed by atoms with van der Waals surface area (Å²) in [5.41, 5.74) is 4.62. The van der Waals surface area contributed by atoms with Crippen LogP contribution < -0.4 is 4.90 Å². The highest BCUT2D eigenvalue weighted by atomic mass is 32.2. The molecule has 4 aromatic rings. The Morgan fingerprint density at radius 3 is 2.90 bits per heavy atom. The number of rotatable bonds is 5. The van der Waals surface area contributed by atoms with Gasteiger partial charge in [0.05, 0.1) is 5.39 Å². The first-order chi connectivity index (χ1) is 14.7. The second kappa shape index (κ2) is 7.81. The van der Waals surface area contributed by atoms with Crippen LogP contribution in [0.1, 0.15) is 24.6 Å². The van der Waals surface area contributed by atoms with E-state index in [1.165, 1.54) is 23.0 Å². The molecule has 0 aliphatic carbocycles. The summed E-state index contributed by atoms with van der Waals surface area (Å²) in [6.07, 6.45) is 6.97. The van der Waals surface area contributed by atoms with E-state index >= 15 is 0 Å². The maximum atomic E-state index is 9.59. The molecule has 1 aliphatic rings. The van der Waals surface area contributed by atoms with E-state index in [0.717, 1.165) is 53.2 Å². The molecule has 1 saturated heterocycles. The number of nitrogens with one attached hydrogen (secondary N) is 1. The molecule has 9 heteroatoms. The van der Waals surface area contributed by atoms with Crippen LogP contribution in [0.15, 0.2) is 34.7 Å². The van der Waals surface area contributed by atoms with E-state index in [0.29, 0.717) is 16.7 Å². The zero-order valence-electron chi connectivity index (χ0n) is 17.0. The minimum atomic E-state index is 0.211. The van der Waals surface area contributed by atoms with Crippen molar-refractivity contribution in [3.05, 3.63) is 35.9 Å². The summed E-state index contributed by atoms with van der Waals surface area (Å²) >= 11 is 1.47. The molecule has 1 atom stereocenters. The summed E-state index contributed by atoms with van der Waals surface area (Å²) in [6, 6.07) is 1.96. The number of hydrogen-bond acceptors (Lipinski definition) is 8. The number of aliphatic hydroxyl groups excluding tert-OH is 1. The number of H-pyrrole nitrogens is 1. The number of aliphatic hydroxyl groups is 1. The number of aromatic nitrogens is 6. The van der Waals surface area contributed by atoms with Crippen LogP contribution in [0.5, 0.6) is 0 Å². The number of hydrogen-bond donors (Lipinski definition) is 2. The number of aromatic amines is 1. The minimum absolute atomic E-state index is 0.211. The van der Waals surface area contributed by atoms with Crippen molar-refractivity contribution in [2.45, 2.75) is 36.7 Å². The lowest BCUT2D eigenvalue weighted by Gasteiger charge is -2.19. The third-order valence-corrected chi connectivity index (χ3v) is 6.50. The second-order valence-electron chi connectivity index (χ2n) is 7.59. The first kappa shape index (κ1) is 19.2. The summed E-state index contributed by atoms with van der Waals surface area (Å²) in [5, 5.41) is 11.3. The van der Waals surface area contributed by atoms with E-state index in [-0.39, 0.29) is 6.61 Å². The van der Waals surface area contributed by atoms with Crippen molar-refractivity contribution in [1.82, 2.24) is 29.9 Å². The molecule has 4 aromatic heterocycles. The van der Waals surface area contributed by atoms with Crippen molar-refractivity contribution in [3.8, 4) is 0 Å². The van der Waals surface area contributed by atoms with Gasteiger partial charge in [-0.2, -0.15) is 0 Å². The Kier molecular flexibility index (Phi) is 5.00. The second-order valence-corrected chi connectivity index (χ2v) is 8.63. The highest BCUT2D eigenvalue weighted by Crippen LogP contribution is 2.35. The van der Waals surface area contributed by atoms with Crippen LogP contribution in [0.4, 0.5) is 5.82 Å². The molecule has 2 N–H and O–H groups in total. The SMILES string of the molecule is CCc1[nH]c2nc(Sc3cnc4nccnc4c3)nc(N3CCC(CO)C3)c2c1C. The molecule has 5 heterocycles. The van der Waals surface area contributed by atoms with Gasteiger partial charge in [-0.3, -0.25) is 4.98 Å². The van der Waals surface area contributed by atoms with Gasteiger partial charge in [0.25, 0.3) is 0 Å². The highest BCUT2D eigenvalue weighted by molar-refractivity contribution is 7.99. The predicted molar refractivity (Wildman–Crippen MR) is 117 cm³/mol. The quantitative estimate of drug-likeness (QED) is 0.474. The maximum Gasteiger partial charge on any atom is 0.196 e. The van der Waals surface area contributed by atoms with Crippen LogP contribution in [-0.4, -0.2) is 54.7 Å². The van der Waals surface area contributed by atoms with Gasteiger partial charge < -0.3 is 15.0 Å². The topological polar surface area (TPSA) is 104 Å². The van der Waals surface area contributed by atoms with Gasteiger partial charge in [0.1, 0.15) is 17.0 Å². The van der Waals surface area contributed by atoms with E-state index < -0.39 is 0 Å². The summed E-state index contributed by atoms with van der Waals surface area (Å²) in [4.78, 5) is 29.4. The molecule has 0 amide bonds.